The summed E-state index contributed by atoms with van der Waals surface area (Å²) in [4.78, 5) is 13.6. The molecule has 17 heavy (non-hydrogen) atoms. The van der Waals surface area contributed by atoms with Crippen molar-refractivity contribution in [3.63, 3.8) is 0 Å². The predicted octanol–water partition coefficient (Wildman–Crippen LogP) is 1.62. The molecule has 2 N–H and O–H groups in total. The van der Waals surface area contributed by atoms with Crippen LogP contribution >= 0.6 is 12.4 Å². The van der Waals surface area contributed by atoms with E-state index in [9.17, 15) is 4.79 Å². The highest BCUT2D eigenvalue weighted by Crippen LogP contribution is 2.31. The monoisotopic (exact) mass is 256 g/mol. The molecule has 1 aliphatic heterocycles. The third kappa shape index (κ3) is 2.70. The van der Waals surface area contributed by atoms with Gasteiger partial charge in [0, 0.05) is 25.0 Å². The van der Waals surface area contributed by atoms with Gasteiger partial charge in [0.2, 0.25) is 0 Å². The average Bonchev–Trinajstić information content (AvgIpc) is 2.29. The summed E-state index contributed by atoms with van der Waals surface area (Å²) < 4.78 is 4.88. The summed E-state index contributed by atoms with van der Waals surface area (Å²) in [6.45, 7) is 0.868. The Morgan fingerprint density at radius 1 is 1.53 bits per heavy atom. The lowest BCUT2D eigenvalue weighted by Gasteiger charge is -2.30. The van der Waals surface area contributed by atoms with E-state index in [0.29, 0.717) is 0 Å². The Labute approximate surface area is 107 Å². The maximum atomic E-state index is 11.8. The molecule has 0 aliphatic carbocycles. The van der Waals surface area contributed by atoms with Gasteiger partial charge in [-0.15, -0.1) is 12.4 Å². The zero-order chi connectivity index (χ0) is 11.5. The van der Waals surface area contributed by atoms with Crippen molar-refractivity contribution in [1.29, 1.82) is 0 Å². The number of nitrogens with two attached hydrogens (primary N) is 1. The van der Waals surface area contributed by atoms with Crippen molar-refractivity contribution >= 4 is 29.7 Å². The number of carbonyl (C=O) groups is 1. The number of anilines is 2. The fourth-order valence-corrected chi connectivity index (χ4v) is 2.11. The van der Waals surface area contributed by atoms with Crippen LogP contribution in [-0.2, 0) is 16.0 Å². The van der Waals surface area contributed by atoms with Crippen molar-refractivity contribution in [1.82, 2.24) is 0 Å². The minimum Gasteiger partial charge on any atom is -0.398 e. The molecule has 0 saturated carbocycles. The van der Waals surface area contributed by atoms with E-state index in [4.69, 9.17) is 10.5 Å². The second-order valence-corrected chi connectivity index (χ2v) is 3.93. The fraction of sp³-hybridized carbons (Fsp3) is 0.417. The Kier molecular flexibility index (Phi) is 4.78. The molecule has 0 radical (unpaired) electrons. The number of carbonyl (C=O) groups excluding carboxylic acids is 1. The summed E-state index contributed by atoms with van der Waals surface area (Å²) in [6.07, 6.45) is 1.90. The van der Waals surface area contributed by atoms with E-state index in [-0.39, 0.29) is 24.9 Å². The Morgan fingerprint density at radius 3 is 3.00 bits per heavy atom. The van der Waals surface area contributed by atoms with Crippen LogP contribution in [0.25, 0.3) is 0 Å². The number of nitrogens with zero attached hydrogens (tertiary/aromatic N) is 1. The Balaban J connectivity index is 0.00000144. The second-order valence-electron chi connectivity index (χ2n) is 3.93. The quantitative estimate of drug-likeness (QED) is 0.818. The van der Waals surface area contributed by atoms with Crippen LogP contribution in [0.1, 0.15) is 12.0 Å². The normalized spacial score (nSPS) is 13.8. The van der Waals surface area contributed by atoms with Crippen LogP contribution in [0.15, 0.2) is 18.2 Å². The van der Waals surface area contributed by atoms with Crippen LogP contribution < -0.4 is 10.6 Å². The van der Waals surface area contributed by atoms with E-state index < -0.39 is 0 Å². The van der Waals surface area contributed by atoms with Gasteiger partial charge in [0.05, 0.1) is 0 Å². The van der Waals surface area contributed by atoms with Crippen molar-refractivity contribution in [3.8, 4) is 0 Å². The Hall–Kier alpha value is -1.26. The molecule has 1 aromatic carbocycles. The molecule has 0 saturated heterocycles. The Bertz CT molecular complexity index is 409. The molecule has 0 bridgehead atoms. The number of amides is 1. The molecule has 94 valence electrons. The van der Waals surface area contributed by atoms with Crippen molar-refractivity contribution in [2.24, 2.45) is 0 Å². The molecule has 2 rings (SSSR count). The fourth-order valence-electron chi connectivity index (χ4n) is 2.11. The minimum atomic E-state index is -0.00551. The summed E-state index contributed by atoms with van der Waals surface area (Å²) in [6, 6.07) is 5.70. The highest BCUT2D eigenvalue weighted by atomic mass is 35.5. The number of hydrogen-bond donors (Lipinski definition) is 1. The second kappa shape index (κ2) is 5.89. The van der Waals surface area contributed by atoms with E-state index >= 15 is 0 Å². The highest BCUT2D eigenvalue weighted by molar-refractivity contribution is 5.96. The number of ether oxygens (including phenoxy) is 1. The smallest absolute Gasteiger partial charge is 0.252 e. The zero-order valence-corrected chi connectivity index (χ0v) is 10.6. The number of nitrogen functional groups attached to an aromatic ring is 1. The van der Waals surface area contributed by atoms with E-state index in [0.717, 1.165) is 36.3 Å². The molecule has 1 amide bonds. The number of methoxy groups -OCH3 is 1. The van der Waals surface area contributed by atoms with Gasteiger partial charge in [-0.2, -0.15) is 0 Å². The van der Waals surface area contributed by atoms with Gasteiger partial charge in [-0.1, -0.05) is 6.07 Å². The molecule has 0 spiro atoms. The maximum Gasteiger partial charge on any atom is 0.252 e. The first-order chi connectivity index (χ1) is 7.74. The minimum absolute atomic E-state index is 0. The first-order valence-corrected chi connectivity index (χ1v) is 5.40. The van der Waals surface area contributed by atoms with Crippen molar-refractivity contribution in [2.75, 3.05) is 30.9 Å². The third-order valence-electron chi connectivity index (χ3n) is 2.86. The Morgan fingerprint density at radius 2 is 2.29 bits per heavy atom. The average molecular weight is 257 g/mol. The van der Waals surface area contributed by atoms with Gasteiger partial charge in [0.15, 0.2) is 0 Å². The lowest BCUT2D eigenvalue weighted by Crippen LogP contribution is -2.37. The van der Waals surface area contributed by atoms with E-state index in [1.807, 2.05) is 18.2 Å². The molecular weight excluding hydrogens is 240 g/mol. The molecule has 5 heteroatoms. The molecule has 1 aliphatic rings. The predicted molar refractivity (Wildman–Crippen MR) is 70.7 cm³/mol. The van der Waals surface area contributed by atoms with Gasteiger partial charge < -0.3 is 15.4 Å². The van der Waals surface area contributed by atoms with Crippen molar-refractivity contribution in [2.45, 2.75) is 12.8 Å². The molecule has 1 heterocycles. The van der Waals surface area contributed by atoms with Crippen LogP contribution in [0.2, 0.25) is 0 Å². The lowest BCUT2D eigenvalue weighted by atomic mass is 10.00. The van der Waals surface area contributed by atoms with Crippen molar-refractivity contribution in [3.05, 3.63) is 23.8 Å². The van der Waals surface area contributed by atoms with E-state index in [1.165, 1.54) is 7.11 Å². The maximum absolute atomic E-state index is 11.8. The van der Waals surface area contributed by atoms with E-state index in [1.54, 1.807) is 4.90 Å². The number of halogens is 1. The largest absolute Gasteiger partial charge is 0.398 e. The van der Waals surface area contributed by atoms with Gasteiger partial charge in [0.1, 0.15) is 6.61 Å². The first-order valence-electron chi connectivity index (χ1n) is 5.40. The molecular formula is C12H17ClN2O2. The molecule has 4 nitrogen and oxygen atoms in total. The SMILES string of the molecule is COCC(=O)N1CCCc2c(N)cccc21.Cl. The summed E-state index contributed by atoms with van der Waals surface area (Å²) >= 11 is 0. The van der Waals surface area contributed by atoms with Crippen LogP contribution in [-0.4, -0.2) is 26.2 Å². The molecule has 0 atom stereocenters. The van der Waals surface area contributed by atoms with Crippen LogP contribution in [0.5, 0.6) is 0 Å². The van der Waals surface area contributed by atoms with Gasteiger partial charge in [-0.05, 0) is 30.5 Å². The highest BCUT2D eigenvalue weighted by Gasteiger charge is 2.23. The van der Waals surface area contributed by atoms with Crippen molar-refractivity contribution < 1.29 is 9.53 Å². The zero-order valence-electron chi connectivity index (χ0n) is 9.81. The van der Waals surface area contributed by atoms with Crippen LogP contribution in [0, 0.1) is 0 Å². The van der Waals surface area contributed by atoms with Gasteiger partial charge >= 0.3 is 0 Å². The molecule has 0 aromatic heterocycles. The lowest BCUT2D eigenvalue weighted by molar-refractivity contribution is -0.122. The van der Waals surface area contributed by atoms with Gasteiger partial charge in [-0.25, -0.2) is 0 Å². The number of hydrogen-bond acceptors (Lipinski definition) is 3. The van der Waals surface area contributed by atoms with Crippen LogP contribution in [0.4, 0.5) is 11.4 Å². The summed E-state index contributed by atoms with van der Waals surface area (Å²) in [7, 11) is 1.53. The third-order valence-corrected chi connectivity index (χ3v) is 2.86. The van der Waals surface area contributed by atoms with Crippen LogP contribution in [0.3, 0.4) is 0 Å². The summed E-state index contributed by atoms with van der Waals surface area (Å²) in [5.74, 6) is -0.00551. The standard InChI is InChI=1S/C12H16N2O2.ClH/c1-16-8-12(15)14-7-3-4-9-10(13)5-2-6-11(9)14;/h2,5-6H,3-4,7-8,13H2,1H3;1H. The summed E-state index contributed by atoms with van der Waals surface area (Å²) in [5, 5.41) is 0. The van der Waals surface area contributed by atoms with Gasteiger partial charge in [-0.3, -0.25) is 4.79 Å². The number of rotatable bonds is 2. The summed E-state index contributed by atoms with van der Waals surface area (Å²) in [5.41, 5.74) is 8.70. The molecule has 0 unspecified atom stereocenters. The molecule has 1 aromatic rings. The number of benzene rings is 1. The molecule has 0 fully saturated rings. The van der Waals surface area contributed by atoms with E-state index in [2.05, 4.69) is 0 Å². The first kappa shape index (κ1) is 13.8. The number of fused-ring (bicyclic) bond motifs is 1. The van der Waals surface area contributed by atoms with Gasteiger partial charge in [0.25, 0.3) is 5.91 Å². The topological polar surface area (TPSA) is 55.6 Å².